The van der Waals surface area contributed by atoms with Crippen molar-refractivity contribution >= 4 is 11.6 Å². The molecule has 0 saturated carbocycles. The summed E-state index contributed by atoms with van der Waals surface area (Å²) >= 11 is 0. The Bertz CT molecular complexity index is 448. The SMILES string of the molecule is COc1ccc2c(c1)C(C#N)CC(=O)N2. The molecule has 0 aromatic heterocycles. The molecule has 1 amide bonds. The van der Waals surface area contributed by atoms with Gasteiger partial charge in [0.15, 0.2) is 0 Å². The second kappa shape index (κ2) is 3.62. The number of ether oxygens (including phenoxy) is 1. The molecule has 1 atom stereocenters. The zero-order chi connectivity index (χ0) is 10.8. The average Bonchev–Trinajstić information content (AvgIpc) is 2.27. The van der Waals surface area contributed by atoms with Gasteiger partial charge in [-0.15, -0.1) is 0 Å². The zero-order valence-corrected chi connectivity index (χ0v) is 8.28. The normalized spacial score (nSPS) is 18.7. The smallest absolute Gasteiger partial charge is 0.226 e. The lowest BCUT2D eigenvalue weighted by Gasteiger charge is -2.21. The zero-order valence-electron chi connectivity index (χ0n) is 8.28. The van der Waals surface area contributed by atoms with Gasteiger partial charge >= 0.3 is 0 Å². The first-order valence-electron chi connectivity index (χ1n) is 4.62. The van der Waals surface area contributed by atoms with Crippen LogP contribution >= 0.6 is 0 Å². The minimum atomic E-state index is -0.371. The summed E-state index contributed by atoms with van der Waals surface area (Å²) in [6.45, 7) is 0. The van der Waals surface area contributed by atoms with Crippen LogP contribution in [-0.2, 0) is 4.79 Å². The van der Waals surface area contributed by atoms with Gasteiger partial charge in [0.05, 0.1) is 19.1 Å². The van der Waals surface area contributed by atoms with E-state index in [9.17, 15) is 4.79 Å². The summed E-state index contributed by atoms with van der Waals surface area (Å²) in [5, 5.41) is 11.7. The first-order valence-corrected chi connectivity index (χ1v) is 4.62. The van der Waals surface area contributed by atoms with Gasteiger partial charge in [-0.2, -0.15) is 5.26 Å². The van der Waals surface area contributed by atoms with E-state index in [-0.39, 0.29) is 18.2 Å². The summed E-state index contributed by atoms with van der Waals surface area (Å²) in [5.41, 5.74) is 1.54. The molecule has 0 spiro atoms. The van der Waals surface area contributed by atoms with Crippen molar-refractivity contribution < 1.29 is 9.53 Å². The van der Waals surface area contributed by atoms with Crippen molar-refractivity contribution in [2.24, 2.45) is 0 Å². The number of benzene rings is 1. The van der Waals surface area contributed by atoms with Crippen molar-refractivity contribution in [1.29, 1.82) is 5.26 Å². The van der Waals surface area contributed by atoms with E-state index in [1.807, 2.05) is 0 Å². The van der Waals surface area contributed by atoms with Crippen molar-refractivity contribution in [3.63, 3.8) is 0 Å². The molecule has 1 unspecified atom stereocenters. The van der Waals surface area contributed by atoms with Gasteiger partial charge in [-0.1, -0.05) is 0 Å². The van der Waals surface area contributed by atoms with Crippen LogP contribution in [0.15, 0.2) is 18.2 Å². The van der Waals surface area contributed by atoms with Crippen LogP contribution in [0, 0.1) is 11.3 Å². The van der Waals surface area contributed by atoms with Crippen LogP contribution < -0.4 is 10.1 Å². The lowest BCUT2D eigenvalue weighted by molar-refractivity contribution is -0.116. The van der Waals surface area contributed by atoms with E-state index in [4.69, 9.17) is 10.00 Å². The first-order chi connectivity index (χ1) is 7.24. The molecule has 76 valence electrons. The van der Waals surface area contributed by atoms with Crippen molar-refractivity contribution in [2.45, 2.75) is 12.3 Å². The molecule has 1 aliphatic heterocycles. The molecule has 0 bridgehead atoms. The van der Waals surface area contributed by atoms with Crippen molar-refractivity contribution in [1.82, 2.24) is 0 Å². The summed E-state index contributed by atoms with van der Waals surface area (Å²) in [5.74, 6) is 0.216. The second-order valence-electron chi connectivity index (χ2n) is 3.39. The Morgan fingerprint density at radius 3 is 3.07 bits per heavy atom. The summed E-state index contributed by atoms with van der Waals surface area (Å²) in [6.07, 6.45) is 0.219. The van der Waals surface area contributed by atoms with Crippen LogP contribution in [0.25, 0.3) is 0 Å². The van der Waals surface area contributed by atoms with E-state index in [1.54, 1.807) is 25.3 Å². The Labute approximate surface area is 87.5 Å². The fourth-order valence-electron chi connectivity index (χ4n) is 1.68. The van der Waals surface area contributed by atoms with E-state index >= 15 is 0 Å². The van der Waals surface area contributed by atoms with Crippen molar-refractivity contribution in [3.8, 4) is 11.8 Å². The van der Waals surface area contributed by atoms with Gasteiger partial charge in [0.2, 0.25) is 5.91 Å². The lowest BCUT2D eigenvalue weighted by Crippen LogP contribution is -2.22. The Kier molecular flexibility index (Phi) is 2.30. The van der Waals surface area contributed by atoms with Crippen LogP contribution in [0.3, 0.4) is 0 Å². The van der Waals surface area contributed by atoms with E-state index in [1.165, 1.54) is 0 Å². The average molecular weight is 202 g/mol. The predicted octanol–water partition coefficient (Wildman–Crippen LogP) is 1.64. The van der Waals surface area contributed by atoms with E-state index in [0.717, 1.165) is 5.56 Å². The predicted molar refractivity (Wildman–Crippen MR) is 54.6 cm³/mol. The maximum Gasteiger partial charge on any atom is 0.226 e. The summed E-state index contributed by atoms with van der Waals surface area (Å²) in [6, 6.07) is 7.44. The first kappa shape index (κ1) is 9.53. The highest BCUT2D eigenvalue weighted by molar-refractivity contribution is 5.95. The molecular weight excluding hydrogens is 192 g/mol. The van der Waals surface area contributed by atoms with Gasteiger partial charge in [-0.3, -0.25) is 4.79 Å². The standard InChI is InChI=1S/C11H10N2O2/c1-15-8-2-3-10-9(5-8)7(6-12)4-11(14)13-10/h2-3,5,7H,4H2,1H3,(H,13,14). The molecule has 1 aromatic carbocycles. The number of carbonyl (C=O) groups excluding carboxylic acids is 1. The molecule has 0 saturated heterocycles. The minimum Gasteiger partial charge on any atom is -0.497 e. The number of nitriles is 1. The highest BCUT2D eigenvalue weighted by atomic mass is 16.5. The molecule has 1 heterocycles. The van der Waals surface area contributed by atoms with Crippen LogP contribution in [-0.4, -0.2) is 13.0 Å². The maximum atomic E-state index is 11.3. The number of rotatable bonds is 1. The van der Waals surface area contributed by atoms with Gasteiger partial charge in [0.25, 0.3) is 0 Å². The molecule has 0 aliphatic carbocycles. The quantitative estimate of drug-likeness (QED) is 0.753. The number of fused-ring (bicyclic) bond motifs is 1. The molecule has 0 radical (unpaired) electrons. The van der Waals surface area contributed by atoms with E-state index < -0.39 is 0 Å². The van der Waals surface area contributed by atoms with Crippen molar-refractivity contribution in [3.05, 3.63) is 23.8 Å². The van der Waals surface area contributed by atoms with Crippen LogP contribution in [0.4, 0.5) is 5.69 Å². The van der Waals surface area contributed by atoms with Crippen LogP contribution in [0.1, 0.15) is 17.9 Å². The third kappa shape index (κ3) is 1.64. The van der Waals surface area contributed by atoms with Gasteiger partial charge in [-0.25, -0.2) is 0 Å². The molecule has 4 heteroatoms. The Morgan fingerprint density at radius 1 is 1.60 bits per heavy atom. The summed E-state index contributed by atoms with van der Waals surface area (Å²) in [7, 11) is 1.57. The van der Waals surface area contributed by atoms with Crippen LogP contribution in [0.5, 0.6) is 5.75 Å². The third-order valence-electron chi connectivity index (χ3n) is 2.45. The van der Waals surface area contributed by atoms with Crippen molar-refractivity contribution in [2.75, 3.05) is 12.4 Å². The topological polar surface area (TPSA) is 62.1 Å². The fourth-order valence-corrected chi connectivity index (χ4v) is 1.68. The fraction of sp³-hybridized carbons (Fsp3) is 0.273. The Balaban J connectivity index is 2.48. The number of hydrogen-bond acceptors (Lipinski definition) is 3. The monoisotopic (exact) mass is 202 g/mol. The van der Waals surface area contributed by atoms with E-state index in [0.29, 0.717) is 11.4 Å². The number of amides is 1. The number of methoxy groups -OCH3 is 1. The van der Waals surface area contributed by atoms with Gasteiger partial charge in [0, 0.05) is 12.1 Å². The molecule has 0 fully saturated rings. The highest BCUT2D eigenvalue weighted by Gasteiger charge is 2.25. The Hall–Kier alpha value is -2.02. The summed E-state index contributed by atoms with van der Waals surface area (Å²) in [4.78, 5) is 11.3. The molecule has 1 aromatic rings. The van der Waals surface area contributed by atoms with E-state index in [2.05, 4.69) is 11.4 Å². The molecule has 1 aliphatic rings. The third-order valence-corrected chi connectivity index (χ3v) is 2.45. The highest BCUT2D eigenvalue weighted by Crippen LogP contribution is 2.34. The molecule has 4 nitrogen and oxygen atoms in total. The lowest BCUT2D eigenvalue weighted by atomic mass is 9.92. The summed E-state index contributed by atoms with van der Waals surface area (Å²) < 4.78 is 5.08. The minimum absolute atomic E-state index is 0.112. The maximum absolute atomic E-state index is 11.3. The molecule has 1 N–H and O–H groups in total. The van der Waals surface area contributed by atoms with Gasteiger partial charge in [-0.05, 0) is 23.8 Å². The number of nitrogens with zero attached hydrogens (tertiary/aromatic N) is 1. The largest absolute Gasteiger partial charge is 0.497 e. The number of carbonyl (C=O) groups is 1. The van der Waals surface area contributed by atoms with Crippen LogP contribution in [0.2, 0.25) is 0 Å². The van der Waals surface area contributed by atoms with Gasteiger partial charge in [0.1, 0.15) is 5.75 Å². The molecule has 15 heavy (non-hydrogen) atoms. The number of anilines is 1. The molecular formula is C11H10N2O2. The van der Waals surface area contributed by atoms with Gasteiger partial charge < -0.3 is 10.1 Å². The Morgan fingerprint density at radius 2 is 2.40 bits per heavy atom. The second-order valence-corrected chi connectivity index (χ2v) is 3.39. The number of hydrogen-bond donors (Lipinski definition) is 1. The number of nitrogens with one attached hydrogen (secondary N) is 1. The molecule has 2 rings (SSSR count).